The molecule has 2 atom stereocenters. The minimum Gasteiger partial charge on any atom is -0.481 e. The fourth-order valence-electron chi connectivity index (χ4n) is 2.79. The van der Waals surface area contributed by atoms with Crippen molar-refractivity contribution < 1.29 is 9.90 Å². The fraction of sp³-hybridized carbons (Fsp3) is 0.583. The molecule has 0 aliphatic heterocycles. The van der Waals surface area contributed by atoms with Gasteiger partial charge < -0.3 is 5.11 Å². The van der Waals surface area contributed by atoms with Crippen molar-refractivity contribution in [2.45, 2.75) is 33.1 Å². The highest BCUT2D eigenvalue weighted by molar-refractivity contribution is 7.10. The molecular weight excluding hydrogens is 208 g/mol. The molecule has 2 unspecified atom stereocenters. The van der Waals surface area contributed by atoms with E-state index in [1.807, 2.05) is 13.8 Å². The summed E-state index contributed by atoms with van der Waals surface area (Å²) >= 11 is 1.69. The molecule has 1 N–H and O–H groups in total. The Bertz CT molecular complexity index is 419. The first-order chi connectivity index (χ1) is 6.81. The van der Waals surface area contributed by atoms with E-state index in [4.69, 9.17) is 0 Å². The second-order valence-electron chi connectivity index (χ2n) is 5.14. The first kappa shape index (κ1) is 10.7. The minimum absolute atomic E-state index is 0.133. The number of carbonyl (C=O) groups is 1. The highest BCUT2D eigenvalue weighted by Crippen LogP contribution is 2.69. The zero-order chi connectivity index (χ0) is 11.4. The van der Waals surface area contributed by atoms with E-state index in [0.717, 1.165) is 0 Å². The third kappa shape index (κ3) is 1.19. The standard InChI is InChI=1S/C12H16O2S/c1-7-5-8(6-15-7)12(4)9(10(13)14)11(12,2)3/h5-6,9H,1-4H3,(H,13,14). The third-order valence-electron chi connectivity index (χ3n) is 4.13. The van der Waals surface area contributed by atoms with Gasteiger partial charge in [-0.25, -0.2) is 0 Å². The van der Waals surface area contributed by atoms with Gasteiger partial charge >= 0.3 is 5.97 Å². The van der Waals surface area contributed by atoms with Crippen molar-refractivity contribution in [1.29, 1.82) is 0 Å². The van der Waals surface area contributed by atoms with Gasteiger partial charge in [0.2, 0.25) is 0 Å². The first-order valence-electron chi connectivity index (χ1n) is 5.10. The van der Waals surface area contributed by atoms with Crippen LogP contribution >= 0.6 is 11.3 Å². The Balaban J connectivity index is 2.42. The lowest BCUT2D eigenvalue weighted by atomic mass is 9.91. The summed E-state index contributed by atoms with van der Waals surface area (Å²) in [7, 11) is 0. The Morgan fingerprint density at radius 2 is 2.07 bits per heavy atom. The number of thiophene rings is 1. The van der Waals surface area contributed by atoms with Gasteiger partial charge in [0.15, 0.2) is 0 Å². The lowest BCUT2D eigenvalue weighted by molar-refractivity contribution is -0.139. The van der Waals surface area contributed by atoms with E-state index < -0.39 is 5.97 Å². The summed E-state index contributed by atoms with van der Waals surface area (Å²) in [5, 5.41) is 11.3. The SMILES string of the molecule is Cc1cc(C2(C)C(C(=O)O)C2(C)C)cs1. The summed E-state index contributed by atoms with van der Waals surface area (Å²) in [6.07, 6.45) is 0. The fourth-order valence-corrected chi connectivity index (χ4v) is 3.61. The smallest absolute Gasteiger partial charge is 0.307 e. The molecule has 0 bridgehead atoms. The van der Waals surface area contributed by atoms with Gasteiger partial charge in [0.1, 0.15) is 0 Å². The normalized spacial score (nSPS) is 32.7. The van der Waals surface area contributed by atoms with Crippen LogP contribution in [0.1, 0.15) is 31.2 Å². The lowest BCUT2D eigenvalue weighted by Crippen LogP contribution is -2.10. The zero-order valence-corrected chi connectivity index (χ0v) is 10.3. The molecule has 2 rings (SSSR count). The van der Waals surface area contributed by atoms with Crippen molar-refractivity contribution in [2.75, 3.05) is 0 Å². The van der Waals surface area contributed by atoms with Crippen LogP contribution in [0.4, 0.5) is 0 Å². The van der Waals surface area contributed by atoms with Crippen LogP contribution in [0.5, 0.6) is 0 Å². The number of aryl methyl sites for hydroxylation is 1. The number of carboxylic acid groups (broad SMARTS) is 1. The molecular formula is C12H16O2S. The number of aliphatic carboxylic acids is 1. The van der Waals surface area contributed by atoms with Crippen molar-refractivity contribution >= 4 is 17.3 Å². The predicted molar refractivity (Wildman–Crippen MR) is 61.3 cm³/mol. The van der Waals surface area contributed by atoms with E-state index >= 15 is 0 Å². The molecule has 1 aromatic rings. The lowest BCUT2D eigenvalue weighted by Gasteiger charge is -2.11. The molecule has 1 saturated carbocycles. The topological polar surface area (TPSA) is 37.3 Å². The van der Waals surface area contributed by atoms with E-state index in [9.17, 15) is 9.90 Å². The number of hydrogen-bond donors (Lipinski definition) is 1. The van der Waals surface area contributed by atoms with Crippen molar-refractivity contribution in [3.63, 3.8) is 0 Å². The Kier molecular flexibility index (Phi) is 2.03. The number of rotatable bonds is 2. The third-order valence-corrected chi connectivity index (χ3v) is 4.99. The van der Waals surface area contributed by atoms with Crippen LogP contribution in [0, 0.1) is 18.3 Å². The largest absolute Gasteiger partial charge is 0.481 e. The first-order valence-corrected chi connectivity index (χ1v) is 5.98. The van der Waals surface area contributed by atoms with Gasteiger partial charge in [0.25, 0.3) is 0 Å². The molecule has 3 heteroatoms. The molecule has 1 heterocycles. The van der Waals surface area contributed by atoms with E-state index in [-0.39, 0.29) is 16.7 Å². The number of hydrogen-bond acceptors (Lipinski definition) is 2. The van der Waals surface area contributed by atoms with E-state index in [0.29, 0.717) is 0 Å². The Morgan fingerprint density at radius 1 is 1.47 bits per heavy atom. The molecule has 1 aliphatic rings. The maximum Gasteiger partial charge on any atom is 0.307 e. The molecule has 82 valence electrons. The average molecular weight is 224 g/mol. The van der Waals surface area contributed by atoms with Crippen LogP contribution in [0.2, 0.25) is 0 Å². The zero-order valence-electron chi connectivity index (χ0n) is 9.50. The molecule has 0 aromatic carbocycles. The summed E-state index contributed by atoms with van der Waals surface area (Å²) in [5.41, 5.74) is 0.859. The second-order valence-corrected chi connectivity index (χ2v) is 6.26. The summed E-state index contributed by atoms with van der Waals surface area (Å²) in [6, 6.07) is 2.12. The van der Waals surface area contributed by atoms with Gasteiger partial charge in [0.05, 0.1) is 5.92 Å². The maximum atomic E-state index is 11.2. The molecule has 1 aliphatic carbocycles. The molecule has 1 fully saturated rings. The highest BCUT2D eigenvalue weighted by atomic mass is 32.1. The summed E-state index contributed by atoms with van der Waals surface area (Å²) < 4.78 is 0. The van der Waals surface area contributed by atoms with Gasteiger partial charge in [-0.3, -0.25) is 4.79 Å². The molecule has 0 amide bonds. The van der Waals surface area contributed by atoms with Crippen molar-refractivity contribution in [3.8, 4) is 0 Å². The highest BCUT2D eigenvalue weighted by Gasteiger charge is 2.72. The number of carboxylic acids is 1. The Hall–Kier alpha value is -0.830. The predicted octanol–water partition coefficient (Wildman–Crippen LogP) is 3.05. The van der Waals surface area contributed by atoms with Crippen LogP contribution in [0.3, 0.4) is 0 Å². The van der Waals surface area contributed by atoms with Crippen LogP contribution in [-0.4, -0.2) is 11.1 Å². The van der Waals surface area contributed by atoms with Crippen LogP contribution in [0.15, 0.2) is 11.4 Å². The van der Waals surface area contributed by atoms with Gasteiger partial charge in [-0.05, 0) is 29.3 Å². The summed E-state index contributed by atoms with van der Waals surface area (Å²) in [4.78, 5) is 12.4. The molecule has 0 radical (unpaired) electrons. The quantitative estimate of drug-likeness (QED) is 0.838. The van der Waals surface area contributed by atoms with Crippen molar-refractivity contribution in [2.24, 2.45) is 11.3 Å². The van der Waals surface area contributed by atoms with Crippen LogP contribution in [0.25, 0.3) is 0 Å². The average Bonchev–Trinajstić information content (AvgIpc) is 2.45. The minimum atomic E-state index is -0.675. The van der Waals surface area contributed by atoms with Gasteiger partial charge in [-0.2, -0.15) is 0 Å². The second kappa shape index (κ2) is 2.85. The van der Waals surface area contributed by atoms with Crippen LogP contribution < -0.4 is 0 Å². The van der Waals surface area contributed by atoms with E-state index in [1.54, 1.807) is 11.3 Å². The molecule has 0 spiro atoms. The van der Waals surface area contributed by atoms with Gasteiger partial charge in [0, 0.05) is 10.3 Å². The Labute approximate surface area is 93.9 Å². The summed E-state index contributed by atoms with van der Waals surface area (Å²) in [6.45, 7) is 8.20. The van der Waals surface area contributed by atoms with Crippen molar-refractivity contribution in [3.05, 3.63) is 21.9 Å². The van der Waals surface area contributed by atoms with E-state index in [2.05, 4.69) is 25.3 Å². The molecule has 0 saturated heterocycles. The molecule has 2 nitrogen and oxygen atoms in total. The maximum absolute atomic E-state index is 11.2. The summed E-state index contributed by atoms with van der Waals surface area (Å²) in [5.74, 6) is -0.926. The van der Waals surface area contributed by atoms with E-state index in [1.165, 1.54) is 10.4 Å². The molecule has 1 aromatic heterocycles. The Morgan fingerprint density at radius 3 is 2.40 bits per heavy atom. The molecule has 15 heavy (non-hydrogen) atoms. The van der Waals surface area contributed by atoms with Gasteiger partial charge in [-0.1, -0.05) is 20.8 Å². The van der Waals surface area contributed by atoms with Crippen molar-refractivity contribution in [1.82, 2.24) is 0 Å². The van der Waals surface area contributed by atoms with Gasteiger partial charge in [-0.15, -0.1) is 11.3 Å². The monoisotopic (exact) mass is 224 g/mol. The van der Waals surface area contributed by atoms with Crippen LogP contribution in [-0.2, 0) is 10.2 Å².